The van der Waals surface area contributed by atoms with Gasteiger partial charge in [0.05, 0.1) is 13.7 Å². The molecule has 17 heavy (non-hydrogen) atoms. The minimum atomic E-state index is -0.662. The standard InChI is InChI=1S/C11H20N2O4/c1-8(15)12-10(11(16)17-2)7-13(5-6-14)9-3-4-9/h9-10,14H,3-7H2,1-2H3,(H,12,15). The first-order valence-electron chi connectivity index (χ1n) is 5.78. The van der Waals surface area contributed by atoms with E-state index in [1.807, 2.05) is 4.90 Å². The van der Waals surface area contributed by atoms with Crippen LogP contribution in [0.25, 0.3) is 0 Å². The second-order valence-electron chi connectivity index (χ2n) is 4.23. The summed E-state index contributed by atoms with van der Waals surface area (Å²) in [5.41, 5.74) is 0. The molecule has 0 aromatic heterocycles. The number of aliphatic hydroxyl groups is 1. The lowest BCUT2D eigenvalue weighted by Crippen LogP contribution is -2.49. The van der Waals surface area contributed by atoms with E-state index < -0.39 is 12.0 Å². The maximum Gasteiger partial charge on any atom is 0.329 e. The van der Waals surface area contributed by atoms with E-state index >= 15 is 0 Å². The Bertz CT molecular complexity index is 279. The van der Waals surface area contributed by atoms with Crippen LogP contribution in [0, 0.1) is 0 Å². The van der Waals surface area contributed by atoms with Crippen LogP contribution >= 0.6 is 0 Å². The molecule has 0 radical (unpaired) electrons. The van der Waals surface area contributed by atoms with Gasteiger partial charge in [0.2, 0.25) is 5.91 Å². The first-order chi connectivity index (χ1) is 8.08. The van der Waals surface area contributed by atoms with Gasteiger partial charge in [0.1, 0.15) is 6.04 Å². The van der Waals surface area contributed by atoms with Crippen molar-refractivity contribution < 1.29 is 19.4 Å². The molecule has 0 saturated heterocycles. The number of nitrogens with zero attached hydrogens (tertiary/aromatic N) is 1. The summed E-state index contributed by atoms with van der Waals surface area (Å²) >= 11 is 0. The third-order valence-corrected chi connectivity index (χ3v) is 2.73. The number of hydrogen-bond acceptors (Lipinski definition) is 5. The summed E-state index contributed by atoms with van der Waals surface area (Å²) in [7, 11) is 1.30. The van der Waals surface area contributed by atoms with Crippen molar-refractivity contribution in [3.05, 3.63) is 0 Å². The van der Waals surface area contributed by atoms with Crippen molar-refractivity contribution in [3.63, 3.8) is 0 Å². The topological polar surface area (TPSA) is 78.9 Å². The molecule has 0 aromatic carbocycles. The van der Waals surface area contributed by atoms with Gasteiger partial charge in [-0.05, 0) is 12.8 Å². The van der Waals surface area contributed by atoms with E-state index in [2.05, 4.69) is 10.1 Å². The molecular formula is C11H20N2O4. The number of hydrogen-bond donors (Lipinski definition) is 2. The van der Waals surface area contributed by atoms with Crippen LogP contribution in [-0.4, -0.2) is 60.8 Å². The number of ether oxygens (including phenoxy) is 1. The van der Waals surface area contributed by atoms with E-state index in [1.165, 1.54) is 14.0 Å². The summed E-state index contributed by atoms with van der Waals surface area (Å²) in [5, 5.41) is 11.5. The molecule has 6 heteroatoms. The molecule has 0 aliphatic heterocycles. The Balaban J connectivity index is 2.55. The fraction of sp³-hybridized carbons (Fsp3) is 0.818. The summed E-state index contributed by atoms with van der Waals surface area (Å²) in [6.45, 7) is 2.31. The highest BCUT2D eigenvalue weighted by atomic mass is 16.5. The van der Waals surface area contributed by atoms with Crippen molar-refractivity contribution in [1.29, 1.82) is 0 Å². The molecule has 2 N–H and O–H groups in total. The van der Waals surface area contributed by atoms with Crippen LogP contribution in [0.4, 0.5) is 0 Å². The van der Waals surface area contributed by atoms with Gasteiger partial charge in [-0.1, -0.05) is 0 Å². The fourth-order valence-electron chi connectivity index (χ4n) is 1.79. The van der Waals surface area contributed by atoms with Crippen LogP contribution in [0.1, 0.15) is 19.8 Å². The largest absolute Gasteiger partial charge is 0.467 e. The summed E-state index contributed by atoms with van der Waals surface area (Å²) < 4.78 is 4.65. The molecule has 1 saturated carbocycles. The van der Waals surface area contributed by atoms with E-state index in [1.54, 1.807) is 0 Å². The lowest BCUT2D eigenvalue weighted by Gasteiger charge is -2.25. The van der Waals surface area contributed by atoms with Crippen molar-refractivity contribution in [3.8, 4) is 0 Å². The Morgan fingerprint density at radius 3 is 2.59 bits per heavy atom. The van der Waals surface area contributed by atoms with Gasteiger partial charge < -0.3 is 15.2 Å². The predicted molar refractivity (Wildman–Crippen MR) is 61.3 cm³/mol. The molecule has 6 nitrogen and oxygen atoms in total. The number of carbonyl (C=O) groups is 2. The van der Waals surface area contributed by atoms with Gasteiger partial charge in [-0.15, -0.1) is 0 Å². The molecule has 0 spiro atoms. The highest BCUT2D eigenvalue weighted by Gasteiger charge is 2.32. The average Bonchev–Trinajstić information content (AvgIpc) is 3.09. The third-order valence-electron chi connectivity index (χ3n) is 2.73. The van der Waals surface area contributed by atoms with Gasteiger partial charge in [0, 0.05) is 26.1 Å². The Labute approximate surface area is 101 Å². The zero-order chi connectivity index (χ0) is 12.8. The molecule has 0 heterocycles. The van der Waals surface area contributed by atoms with Crippen molar-refractivity contribution in [2.45, 2.75) is 31.8 Å². The van der Waals surface area contributed by atoms with Gasteiger partial charge in [0.15, 0.2) is 0 Å². The first kappa shape index (κ1) is 13.9. The van der Waals surface area contributed by atoms with Gasteiger partial charge >= 0.3 is 5.97 Å². The number of nitrogens with one attached hydrogen (secondary N) is 1. The van der Waals surface area contributed by atoms with Gasteiger partial charge in [-0.3, -0.25) is 9.69 Å². The number of methoxy groups -OCH3 is 1. The van der Waals surface area contributed by atoms with E-state index in [4.69, 9.17) is 5.11 Å². The lowest BCUT2D eigenvalue weighted by atomic mass is 10.2. The quantitative estimate of drug-likeness (QED) is 0.569. The minimum absolute atomic E-state index is 0.0461. The molecule has 1 aliphatic rings. The highest BCUT2D eigenvalue weighted by Crippen LogP contribution is 2.26. The van der Waals surface area contributed by atoms with Crippen LogP contribution in [0.5, 0.6) is 0 Å². The molecular weight excluding hydrogens is 224 g/mol. The lowest BCUT2D eigenvalue weighted by molar-refractivity contribution is -0.145. The highest BCUT2D eigenvalue weighted by molar-refractivity contribution is 5.83. The SMILES string of the molecule is COC(=O)C(CN(CCO)C1CC1)NC(C)=O. The molecule has 1 rings (SSSR count). The van der Waals surface area contributed by atoms with Crippen LogP contribution < -0.4 is 5.32 Å². The second kappa shape index (κ2) is 6.56. The molecule has 1 amide bonds. The third kappa shape index (κ3) is 4.70. The van der Waals surface area contributed by atoms with Crippen molar-refractivity contribution >= 4 is 11.9 Å². The fourth-order valence-corrected chi connectivity index (χ4v) is 1.79. The maximum atomic E-state index is 11.5. The number of aliphatic hydroxyl groups excluding tert-OH is 1. The Kier molecular flexibility index (Phi) is 5.37. The van der Waals surface area contributed by atoms with Crippen LogP contribution in [0.2, 0.25) is 0 Å². The van der Waals surface area contributed by atoms with E-state index in [0.717, 1.165) is 12.8 Å². The average molecular weight is 244 g/mol. The molecule has 1 fully saturated rings. The number of rotatable bonds is 7. The van der Waals surface area contributed by atoms with Crippen LogP contribution in [-0.2, 0) is 14.3 Å². The summed E-state index contributed by atoms with van der Waals surface area (Å²) in [6.07, 6.45) is 2.15. The molecule has 98 valence electrons. The van der Waals surface area contributed by atoms with E-state index in [-0.39, 0.29) is 12.5 Å². The Hall–Kier alpha value is -1.14. The van der Waals surface area contributed by atoms with E-state index in [9.17, 15) is 9.59 Å². The molecule has 1 unspecified atom stereocenters. The molecule has 1 atom stereocenters. The second-order valence-corrected chi connectivity index (χ2v) is 4.23. The number of amides is 1. The maximum absolute atomic E-state index is 11.5. The van der Waals surface area contributed by atoms with Crippen molar-refractivity contribution in [1.82, 2.24) is 10.2 Å². The summed E-state index contributed by atoms with van der Waals surface area (Å²) in [5.74, 6) is -0.719. The Morgan fingerprint density at radius 1 is 1.53 bits per heavy atom. The summed E-state index contributed by atoms with van der Waals surface area (Å²) in [6, 6.07) is -0.243. The zero-order valence-electron chi connectivity index (χ0n) is 10.3. The Morgan fingerprint density at radius 2 is 2.18 bits per heavy atom. The first-order valence-corrected chi connectivity index (χ1v) is 5.78. The smallest absolute Gasteiger partial charge is 0.329 e. The van der Waals surface area contributed by atoms with Crippen LogP contribution in [0.3, 0.4) is 0 Å². The van der Waals surface area contributed by atoms with Crippen LogP contribution in [0.15, 0.2) is 0 Å². The zero-order valence-corrected chi connectivity index (χ0v) is 10.3. The number of esters is 1. The number of carbonyl (C=O) groups excluding carboxylic acids is 2. The molecule has 1 aliphatic carbocycles. The normalized spacial score (nSPS) is 16.7. The minimum Gasteiger partial charge on any atom is -0.467 e. The predicted octanol–water partition coefficient (Wildman–Crippen LogP) is -0.879. The molecule has 0 bridgehead atoms. The molecule has 0 aromatic rings. The van der Waals surface area contributed by atoms with Gasteiger partial charge in [0.25, 0.3) is 0 Å². The monoisotopic (exact) mass is 244 g/mol. The van der Waals surface area contributed by atoms with Crippen molar-refractivity contribution in [2.75, 3.05) is 26.8 Å². The van der Waals surface area contributed by atoms with Gasteiger partial charge in [-0.25, -0.2) is 4.79 Å². The van der Waals surface area contributed by atoms with Crippen molar-refractivity contribution in [2.24, 2.45) is 0 Å². The van der Waals surface area contributed by atoms with Gasteiger partial charge in [-0.2, -0.15) is 0 Å². The van der Waals surface area contributed by atoms with E-state index in [0.29, 0.717) is 19.1 Å². The summed E-state index contributed by atoms with van der Waals surface area (Å²) in [4.78, 5) is 24.5.